The predicted molar refractivity (Wildman–Crippen MR) is 131 cm³/mol. The summed E-state index contributed by atoms with van der Waals surface area (Å²) in [5.74, 6) is 1.34. The fourth-order valence-corrected chi connectivity index (χ4v) is 3.92. The van der Waals surface area contributed by atoms with Gasteiger partial charge < -0.3 is 25.0 Å². The zero-order valence-electron chi connectivity index (χ0n) is 19.4. The zero-order chi connectivity index (χ0) is 23.9. The van der Waals surface area contributed by atoms with E-state index in [4.69, 9.17) is 9.47 Å². The average Bonchev–Trinajstić information content (AvgIpc) is 2.99. The van der Waals surface area contributed by atoms with Crippen molar-refractivity contribution < 1.29 is 19.1 Å². The molecule has 0 saturated carbocycles. The number of hydrogen-bond acceptors (Lipinski definition) is 4. The first-order valence-electron chi connectivity index (χ1n) is 11.4. The maximum Gasteiger partial charge on any atom is 0.319 e. The molecule has 0 radical (unpaired) electrons. The molecule has 0 bridgehead atoms. The highest BCUT2D eigenvalue weighted by Gasteiger charge is 2.30. The Kier molecular flexibility index (Phi) is 7.32. The summed E-state index contributed by atoms with van der Waals surface area (Å²) >= 11 is 0. The molecule has 7 heteroatoms. The van der Waals surface area contributed by atoms with Crippen molar-refractivity contribution in [3.05, 3.63) is 89.5 Å². The first-order chi connectivity index (χ1) is 16.6. The lowest BCUT2D eigenvalue weighted by Crippen LogP contribution is -2.38. The minimum atomic E-state index is -0.556. The minimum Gasteiger partial charge on any atom is -0.497 e. The summed E-state index contributed by atoms with van der Waals surface area (Å²) in [5.41, 5.74) is 3.47. The van der Waals surface area contributed by atoms with E-state index in [1.165, 1.54) is 0 Å². The maximum atomic E-state index is 13.2. The third-order valence-corrected chi connectivity index (χ3v) is 5.71. The van der Waals surface area contributed by atoms with E-state index in [0.717, 1.165) is 22.4 Å². The number of hydrogen-bond donors (Lipinski definition) is 2. The minimum absolute atomic E-state index is 0.0587. The molecule has 0 aromatic heterocycles. The number of methoxy groups -OCH3 is 1. The van der Waals surface area contributed by atoms with Crippen molar-refractivity contribution in [2.75, 3.05) is 12.4 Å². The number of rotatable bonds is 7. The Bertz CT molecular complexity index is 1150. The second-order valence-electron chi connectivity index (χ2n) is 8.18. The van der Waals surface area contributed by atoms with Crippen LogP contribution in [0.4, 0.5) is 10.5 Å². The van der Waals surface area contributed by atoms with Crippen molar-refractivity contribution in [1.82, 2.24) is 10.2 Å². The van der Waals surface area contributed by atoms with Crippen LogP contribution in [0.3, 0.4) is 0 Å². The number of anilines is 1. The second-order valence-corrected chi connectivity index (χ2v) is 8.18. The van der Waals surface area contributed by atoms with Crippen LogP contribution < -0.4 is 20.1 Å². The Hall–Kier alpha value is -4.00. The van der Waals surface area contributed by atoms with E-state index in [9.17, 15) is 9.59 Å². The van der Waals surface area contributed by atoms with Crippen molar-refractivity contribution in [3.8, 4) is 11.5 Å². The van der Waals surface area contributed by atoms with Gasteiger partial charge in [0.1, 0.15) is 11.5 Å². The van der Waals surface area contributed by atoms with Gasteiger partial charge in [-0.1, -0.05) is 49.4 Å². The largest absolute Gasteiger partial charge is 0.497 e. The van der Waals surface area contributed by atoms with Crippen LogP contribution in [0.15, 0.2) is 72.8 Å². The predicted octanol–water partition coefficient (Wildman–Crippen LogP) is 4.72. The van der Waals surface area contributed by atoms with Gasteiger partial charge in [0.25, 0.3) is 5.91 Å². The average molecular weight is 460 g/mol. The zero-order valence-corrected chi connectivity index (χ0v) is 19.4. The van der Waals surface area contributed by atoms with E-state index in [-0.39, 0.29) is 11.9 Å². The van der Waals surface area contributed by atoms with Gasteiger partial charge in [0, 0.05) is 30.9 Å². The number of benzene rings is 3. The van der Waals surface area contributed by atoms with Crippen LogP contribution in [-0.4, -0.2) is 30.1 Å². The van der Waals surface area contributed by atoms with Gasteiger partial charge in [-0.05, 0) is 47.9 Å². The summed E-state index contributed by atoms with van der Waals surface area (Å²) in [6.07, 6.45) is 0.00856. The quantitative estimate of drug-likeness (QED) is 0.536. The summed E-state index contributed by atoms with van der Waals surface area (Å²) in [7, 11) is 1.62. The fraction of sp³-hybridized carbons (Fsp3) is 0.259. The third kappa shape index (κ3) is 5.67. The molecule has 1 atom stereocenters. The molecular formula is C27H29N3O4. The lowest BCUT2D eigenvalue weighted by molar-refractivity contribution is -0.139. The monoisotopic (exact) mass is 459 g/mol. The SMILES string of the molecule is CCC1Oc2ccc(NC(=O)NCc3ccccc3)cc2CN(Cc2cccc(OC)c2)C1=O. The van der Waals surface area contributed by atoms with Crippen molar-refractivity contribution >= 4 is 17.6 Å². The van der Waals surface area contributed by atoms with Gasteiger partial charge in [0.05, 0.1) is 7.11 Å². The maximum absolute atomic E-state index is 13.2. The Balaban J connectivity index is 1.49. The molecule has 3 aromatic rings. The van der Waals surface area contributed by atoms with Crippen molar-refractivity contribution in [2.24, 2.45) is 0 Å². The van der Waals surface area contributed by atoms with Crippen molar-refractivity contribution in [2.45, 2.75) is 39.1 Å². The van der Waals surface area contributed by atoms with Gasteiger partial charge in [0.15, 0.2) is 6.10 Å². The molecule has 7 nitrogen and oxygen atoms in total. The van der Waals surface area contributed by atoms with Crippen LogP contribution in [-0.2, 0) is 24.4 Å². The number of urea groups is 1. The normalized spacial score (nSPS) is 15.1. The van der Waals surface area contributed by atoms with Gasteiger partial charge >= 0.3 is 6.03 Å². The molecule has 3 amide bonds. The van der Waals surface area contributed by atoms with Gasteiger partial charge in [-0.2, -0.15) is 0 Å². The molecule has 4 rings (SSSR count). The number of carbonyl (C=O) groups excluding carboxylic acids is 2. The smallest absolute Gasteiger partial charge is 0.319 e. The Morgan fingerprint density at radius 2 is 1.85 bits per heavy atom. The van der Waals surface area contributed by atoms with E-state index in [0.29, 0.717) is 37.5 Å². The standard InChI is InChI=1S/C27H29N3O4/c1-3-24-26(31)30(17-20-10-7-11-23(14-20)33-2)18-21-15-22(12-13-25(21)34-24)29-27(32)28-16-19-8-5-4-6-9-19/h4-15,24H,3,16-18H2,1-2H3,(H2,28,29,32). The number of amides is 3. The lowest BCUT2D eigenvalue weighted by atomic mass is 10.1. The highest BCUT2D eigenvalue weighted by molar-refractivity contribution is 5.89. The molecule has 1 heterocycles. The molecule has 1 unspecified atom stereocenters. The molecular weight excluding hydrogens is 430 g/mol. The Morgan fingerprint density at radius 3 is 2.62 bits per heavy atom. The van der Waals surface area contributed by atoms with Gasteiger partial charge in [-0.3, -0.25) is 4.79 Å². The summed E-state index contributed by atoms with van der Waals surface area (Å²) in [6, 6.07) is 22.6. The first-order valence-corrected chi connectivity index (χ1v) is 11.4. The highest BCUT2D eigenvalue weighted by Crippen LogP contribution is 2.30. The van der Waals surface area contributed by atoms with Crippen LogP contribution in [0, 0.1) is 0 Å². The van der Waals surface area contributed by atoms with E-state index in [2.05, 4.69) is 10.6 Å². The van der Waals surface area contributed by atoms with Gasteiger partial charge in [-0.15, -0.1) is 0 Å². The Morgan fingerprint density at radius 1 is 1.06 bits per heavy atom. The molecule has 3 aromatic carbocycles. The summed E-state index contributed by atoms with van der Waals surface area (Å²) in [6.45, 7) is 3.18. The molecule has 0 spiro atoms. The number of nitrogens with one attached hydrogen (secondary N) is 2. The Labute approximate surface area is 199 Å². The topological polar surface area (TPSA) is 79.9 Å². The molecule has 0 aliphatic carbocycles. The van der Waals surface area contributed by atoms with E-state index in [1.54, 1.807) is 18.1 Å². The van der Waals surface area contributed by atoms with Crippen LogP contribution in [0.2, 0.25) is 0 Å². The highest BCUT2D eigenvalue weighted by atomic mass is 16.5. The van der Waals surface area contributed by atoms with Crippen molar-refractivity contribution in [3.63, 3.8) is 0 Å². The van der Waals surface area contributed by atoms with E-state index >= 15 is 0 Å². The number of carbonyl (C=O) groups is 2. The van der Waals surface area contributed by atoms with Crippen LogP contribution in [0.25, 0.3) is 0 Å². The summed E-state index contributed by atoms with van der Waals surface area (Å²) in [5, 5.41) is 5.73. The molecule has 0 saturated heterocycles. The van der Waals surface area contributed by atoms with Gasteiger partial charge in [-0.25, -0.2) is 4.79 Å². The van der Waals surface area contributed by atoms with Crippen LogP contribution >= 0.6 is 0 Å². The van der Waals surface area contributed by atoms with Crippen LogP contribution in [0.5, 0.6) is 11.5 Å². The van der Waals surface area contributed by atoms with Crippen LogP contribution in [0.1, 0.15) is 30.0 Å². The number of ether oxygens (including phenoxy) is 2. The summed E-state index contributed by atoms with van der Waals surface area (Å²) in [4.78, 5) is 27.4. The molecule has 2 N–H and O–H groups in total. The molecule has 0 fully saturated rings. The molecule has 1 aliphatic heterocycles. The molecule has 34 heavy (non-hydrogen) atoms. The number of fused-ring (bicyclic) bond motifs is 1. The second kappa shape index (κ2) is 10.7. The number of nitrogens with zero attached hydrogens (tertiary/aromatic N) is 1. The molecule has 1 aliphatic rings. The lowest BCUT2D eigenvalue weighted by Gasteiger charge is -2.23. The van der Waals surface area contributed by atoms with E-state index in [1.807, 2.05) is 73.7 Å². The third-order valence-electron chi connectivity index (χ3n) is 5.71. The van der Waals surface area contributed by atoms with Crippen molar-refractivity contribution in [1.29, 1.82) is 0 Å². The first kappa shape index (κ1) is 23.2. The van der Waals surface area contributed by atoms with E-state index < -0.39 is 6.10 Å². The fourth-order valence-electron chi connectivity index (χ4n) is 3.92. The van der Waals surface area contributed by atoms with Gasteiger partial charge in [0.2, 0.25) is 0 Å². The molecule has 176 valence electrons. The summed E-state index contributed by atoms with van der Waals surface area (Å²) < 4.78 is 11.4.